The number of aliphatic hydroxyl groups excluding tert-OH is 1. The van der Waals surface area contributed by atoms with E-state index in [1.807, 2.05) is 60.7 Å². The van der Waals surface area contributed by atoms with Crippen LogP contribution in [0.15, 0.2) is 107 Å². The molecule has 1 fully saturated rings. The number of methoxy groups -OCH3 is 1. The fourth-order valence-electron chi connectivity index (χ4n) is 4.07. The third-order valence-corrected chi connectivity index (χ3v) is 8.53. The van der Waals surface area contributed by atoms with Crippen LogP contribution in [-0.4, -0.2) is 57.1 Å². The van der Waals surface area contributed by atoms with Crippen LogP contribution in [0, 0.1) is 0 Å². The minimum Gasteiger partial charge on any atom is -0.388 e. The highest BCUT2D eigenvalue weighted by Crippen LogP contribution is 2.30. The Morgan fingerprint density at radius 2 is 1.37 bits per heavy atom. The van der Waals surface area contributed by atoms with Crippen molar-refractivity contribution in [2.45, 2.75) is 48.8 Å². The van der Waals surface area contributed by atoms with E-state index in [1.54, 1.807) is 30.3 Å². The lowest BCUT2D eigenvalue weighted by atomic mass is 9.99. The summed E-state index contributed by atoms with van der Waals surface area (Å²) < 4.78 is 49.1. The van der Waals surface area contributed by atoms with Crippen LogP contribution in [-0.2, 0) is 42.0 Å². The first kappa shape index (κ1) is 28.5. The van der Waals surface area contributed by atoms with Crippen molar-refractivity contribution < 1.29 is 32.5 Å². The molecule has 1 aliphatic rings. The topological polar surface area (TPSA) is 91.3 Å². The number of ether oxygens (including phenoxy) is 4. The maximum Gasteiger partial charge on any atom is 0.200 e. The molecule has 0 spiro atoms. The van der Waals surface area contributed by atoms with E-state index in [9.17, 15) is 13.5 Å². The summed E-state index contributed by atoms with van der Waals surface area (Å²) in [6.45, 7) is 0.575. The van der Waals surface area contributed by atoms with Crippen LogP contribution in [0.4, 0.5) is 0 Å². The Morgan fingerprint density at radius 3 is 1.92 bits per heavy atom. The molecule has 3 aromatic carbocycles. The van der Waals surface area contributed by atoms with E-state index in [0.717, 1.165) is 16.5 Å². The highest BCUT2D eigenvalue weighted by molar-refractivity contribution is 8.03. The van der Waals surface area contributed by atoms with Gasteiger partial charge in [-0.3, -0.25) is 0 Å². The Hall–Kier alpha value is -2.50. The van der Waals surface area contributed by atoms with Gasteiger partial charge in [-0.25, -0.2) is 8.42 Å². The quantitative estimate of drug-likeness (QED) is 0.347. The number of hydrogen-bond donors (Lipinski definition) is 1. The fourth-order valence-corrected chi connectivity index (χ4v) is 6.24. The van der Waals surface area contributed by atoms with Crippen molar-refractivity contribution in [3.05, 3.63) is 113 Å². The molecule has 4 rings (SSSR count). The highest BCUT2D eigenvalue weighted by atomic mass is 32.2. The van der Waals surface area contributed by atoms with Crippen molar-refractivity contribution in [2.75, 3.05) is 12.9 Å². The molecule has 0 unspecified atom stereocenters. The van der Waals surface area contributed by atoms with Crippen LogP contribution in [0.5, 0.6) is 0 Å². The minimum atomic E-state index is -3.56. The third-order valence-electron chi connectivity index (χ3n) is 6.08. The van der Waals surface area contributed by atoms with Crippen molar-refractivity contribution in [1.82, 2.24) is 0 Å². The molecule has 0 aliphatic carbocycles. The maximum atomic E-state index is 12.5. The van der Waals surface area contributed by atoms with E-state index in [4.69, 9.17) is 18.9 Å². The monoisotopic (exact) mass is 556 g/mol. The van der Waals surface area contributed by atoms with Gasteiger partial charge in [-0.15, -0.1) is 11.8 Å². The summed E-state index contributed by atoms with van der Waals surface area (Å²) in [5.74, 6) is 0.290. The number of hydrogen-bond acceptors (Lipinski definition) is 8. The smallest absolute Gasteiger partial charge is 0.200 e. The van der Waals surface area contributed by atoms with E-state index < -0.39 is 40.5 Å². The number of sulfone groups is 1. The molecule has 0 saturated carbocycles. The van der Waals surface area contributed by atoms with Crippen LogP contribution in [0.3, 0.4) is 0 Å². The molecular formula is C29H32O7S2. The van der Waals surface area contributed by atoms with Gasteiger partial charge in [0.15, 0.2) is 16.1 Å². The molecule has 0 aromatic heterocycles. The Labute approximate surface area is 228 Å². The second kappa shape index (κ2) is 14.0. The van der Waals surface area contributed by atoms with Crippen LogP contribution in [0.2, 0.25) is 0 Å². The fraction of sp³-hybridized carbons (Fsp3) is 0.310. The highest BCUT2D eigenvalue weighted by Gasteiger charge is 2.47. The molecular weight excluding hydrogens is 524 g/mol. The lowest BCUT2D eigenvalue weighted by molar-refractivity contribution is -0.306. The Balaban J connectivity index is 1.45. The van der Waals surface area contributed by atoms with Gasteiger partial charge in [-0.2, -0.15) is 0 Å². The van der Waals surface area contributed by atoms with Gasteiger partial charge in [0, 0.05) is 18.3 Å². The molecule has 5 atom stereocenters. The number of rotatable bonds is 12. The van der Waals surface area contributed by atoms with Crippen LogP contribution in [0.1, 0.15) is 11.1 Å². The minimum absolute atomic E-state index is 0.220. The number of thioether (sulfide) groups is 1. The zero-order chi connectivity index (χ0) is 26.8. The lowest BCUT2D eigenvalue weighted by Gasteiger charge is -2.43. The second-order valence-corrected chi connectivity index (χ2v) is 11.5. The van der Waals surface area contributed by atoms with E-state index in [1.165, 1.54) is 24.3 Å². The van der Waals surface area contributed by atoms with Gasteiger partial charge < -0.3 is 24.1 Å². The molecule has 1 heterocycles. The van der Waals surface area contributed by atoms with E-state index in [-0.39, 0.29) is 11.5 Å². The van der Waals surface area contributed by atoms with Crippen LogP contribution in [0.25, 0.3) is 0 Å². The van der Waals surface area contributed by atoms with Gasteiger partial charge in [-0.05, 0) is 28.7 Å². The summed E-state index contributed by atoms with van der Waals surface area (Å²) in [5.41, 5.74) is 1.93. The van der Waals surface area contributed by atoms with Crippen molar-refractivity contribution >= 4 is 21.6 Å². The molecule has 0 amide bonds. The summed E-state index contributed by atoms with van der Waals surface area (Å²) >= 11 is 1.23. The molecule has 1 N–H and O–H groups in total. The SMILES string of the molecule is CO[C@H]1O[C@H](CS/C=C\S(=O)(=O)c2ccccc2)[C@@H](O)[C@H](OCc2ccccc2)[C@H]1OCc1ccccc1. The van der Waals surface area contributed by atoms with Gasteiger partial charge in [0.05, 0.1) is 24.2 Å². The third kappa shape index (κ3) is 7.77. The molecule has 1 saturated heterocycles. The van der Waals surface area contributed by atoms with Gasteiger partial charge in [0.1, 0.15) is 18.3 Å². The Bertz CT molecular complexity index is 1240. The van der Waals surface area contributed by atoms with Gasteiger partial charge in [-0.1, -0.05) is 78.9 Å². The average Bonchev–Trinajstić information content (AvgIpc) is 2.96. The standard InChI is InChI=1S/C29H32O7S2/c1-33-29-28(35-20-23-13-7-3-8-14-23)27(34-19-22-11-5-2-6-12-22)26(30)25(36-29)21-37-17-18-38(31,32)24-15-9-4-10-16-24/h2-18,25-30H,19-21H2,1H3/b18-17-/t25-,26-,27+,28-,29+/m1/s1. The lowest BCUT2D eigenvalue weighted by Crippen LogP contribution is -2.60. The average molecular weight is 557 g/mol. The number of benzene rings is 3. The predicted molar refractivity (Wildman–Crippen MR) is 147 cm³/mol. The zero-order valence-electron chi connectivity index (χ0n) is 21.0. The van der Waals surface area contributed by atoms with Crippen molar-refractivity contribution in [3.63, 3.8) is 0 Å². The van der Waals surface area contributed by atoms with Gasteiger partial charge >= 0.3 is 0 Å². The van der Waals surface area contributed by atoms with E-state index in [0.29, 0.717) is 12.4 Å². The molecule has 0 radical (unpaired) electrons. The van der Waals surface area contributed by atoms with E-state index >= 15 is 0 Å². The molecule has 0 bridgehead atoms. The second-order valence-electron chi connectivity index (χ2n) is 8.76. The van der Waals surface area contributed by atoms with Gasteiger partial charge in [0.2, 0.25) is 0 Å². The first-order valence-corrected chi connectivity index (χ1v) is 14.8. The molecule has 3 aromatic rings. The molecule has 7 nitrogen and oxygen atoms in total. The summed E-state index contributed by atoms with van der Waals surface area (Å²) in [7, 11) is -2.04. The summed E-state index contributed by atoms with van der Waals surface area (Å²) in [5, 5.41) is 13.9. The van der Waals surface area contributed by atoms with Crippen molar-refractivity contribution in [2.24, 2.45) is 0 Å². The maximum absolute atomic E-state index is 12.5. The Morgan fingerprint density at radius 1 is 0.842 bits per heavy atom. The normalized spacial score (nSPS) is 24.0. The molecule has 9 heteroatoms. The first-order chi connectivity index (χ1) is 18.5. The van der Waals surface area contributed by atoms with Crippen molar-refractivity contribution in [1.29, 1.82) is 0 Å². The summed E-state index contributed by atoms with van der Waals surface area (Å²) in [6, 6.07) is 27.6. The van der Waals surface area contributed by atoms with E-state index in [2.05, 4.69) is 0 Å². The Kier molecular flexibility index (Phi) is 10.5. The number of aliphatic hydroxyl groups is 1. The summed E-state index contributed by atoms with van der Waals surface area (Å²) in [4.78, 5) is 0.220. The molecule has 38 heavy (non-hydrogen) atoms. The summed E-state index contributed by atoms with van der Waals surface area (Å²) in [6.07, 6.45) is -3.91. The van der Waals surface area contributed by atoms with Crippen molar-refractivity contribution in [3.8, 4) is 0 Å². The van der Waals surface area contributed by atoms with Gasteiger partial charge in [0.25, 0.3) is 0 Å². The van der Waals surface area contributed by atoms with Crippen LogP contribution < -0.4 is 0 Å². The van der Waals surface area contributed by atoms with Crippen LogP contribution >= 0.6 is 11.8 Å². The molecule has 1 aliphatic heterocycles. The first-order valence-electron chi connectivity index (χ1n) is 12.2. The zero-order valence-corrected chi connectivity index (χ0v) is 22.7. The predicted octanol–water partition coefficient (Wildman–Crippen LogP) is 4.57. The largest absolute Gasteiger partial charge is 0.388 e. The molecule has 202 valence electrons.